The number of hydrogen-bond donors (Lipinski definition) is 1. The Morgan fingerprint density at radius 3 is 2.83 bits per heavy atom. The normalized spacial score (nSPS) is 14.1. The lowest BCUT2D eigenvalue weighted by Crippen LogP contribution is -2.31. The molecule has 0 saturated carbocycles. The number of amides is 1. The minimum Gasteiger partial charge on any atom is -0.350 e. The van der Waals surface area contributed by atoms with E-state index in [9.17, 15) is 14.0 Å². The highest BCUT2D eigenvalue weighted by atomic mass is 32.1. The number of thiazole rings is 1. The van der Waals surface area contributed by atoms with Crippen molar-refractivity contribution in [1.29, 1.82) is 0 Å². The Labute approximate surface area is 138 Å². The summed E-state index contributed by atoms with van der Waals surface area (Å²) in [4.78, 5) is 25.3. The van der Waals surface area contributed by atoms with Crippen molar-refractivity contribution >= 4 is 17.2 Å². The summed E-state index contributed by atoms with van der Waals surface area (Å²) >= 11 is 1.26. The second-order valence-corrected chi connectivity index (χ2v) is 6.80. The Bertz CT molecular complexity index is 766. The number of aryl methyl sites for hydroxylation is 1. The number of carbonyl (C=O) groups excluding carboxylic acids is 1. The molecule has 1 N–H and O–H groups in total. The maximum atomic E-state index is 13.5. The molecule has 0 aliphatic heterocycles. The van der Waals surface area contributed by atoms with Crippen LogP contribution in [-0.4, -0.2) is 10.5 Å². The number of nitrogens with one attached hydrogen (secondary N) is 1. The van der Waals surface area contributed by atoms with Crippen molar-refractivity contribution in [3.63, 3.8) is 0 Å². The van der Waals surface area contributed by atoms with Crippen LogP contribution in [0.5, 0.6) is 0 Å². The molecule has 23 heavy (non-hydrogen) atoms. The molecule has 0 atom stereocenters. The van der Waals surface area contributed by atoms with Gasteiger partial charge in [0.2, 0.25) is 5.91 Å². The first-order valence-electron chi connectivity index (χ1n) is 7.86. The predicted octanol–water partition coefficient (Wildman–Crippen LogP) is 2.63. The first-order chi connectivity index (χ1) is 11.1. The standard InChI is InChI=1S/C17H19FN2O2S/c18-13-7-5-4-6-12(13)10-19-16(21)11-20-14-8-2-1-3-9-15(14)23-17(20)22/h4-7H,1-3,8-11H2,(H,19,21). The minimum absolute atomic E-state index is 0.0130. The van der Waals surface area contributed by atoms with E-state index in [0.717, 1.165) is 42.7 Å². The van der Waals surface area contributed by atoms with Crippen molar-refractivity contribution in [3.05, 3.63) is 55.9 Å². The second kappa shape index (κ2) is 7.08. The van der Waals surface area contributed by atoms with E-state index in [1.165, 1.54) is 17.4 Å². The van der Waals surface area contributed by atoms with Crippen molar-refractivity contribution in [1.82, 2.24) is 9.88 Å². The molecule has 0 radical (unpaired) electrons. The van der Waals surface area contributed by atoms with Gasteiger partial charge in [-0.1, -0.05) is 36.0 Å². The SMILES string of the molecule is O=C(Cn1c2c(sc1=O)CCCCC2)NCc1ccccc1F. The fraction of sp³-hybridized carbons (Fsp3) is 0.412. The monoisotopic (exact) mass is 334 g/mol. The molecule has 1 aliphatic rings. The molecular weight excluding hydrogens is 315 g/mol. The van der Waals surface area contributed by atoms with Crippen LogP contribution >= 0.6 is 11.3 Å². The number of hydrogen-bond acceptors (Lipinski definition) is 3. The highest BCUT2D eigenvalue weighted by molar-refractivity contribution is 7.09. The Morgan fingerprint density at radius 2 is 2.00 bits per heavy atom. The summed E-state index contributed by atoms with van der Waals surface area (Å²) < 4.78 is 15.1. The zero-order chi connectivity index (χ0) is 16.2. The molecule has 2 aromatic rings. The Balaban J connectivity index is 1.68. The van der Waals surface area contributed by atoms with Gasteiger partial charge >= 0.3 is 4.87 Å². The van der Waals surface area contributed by atoms with Gasteiger partial charge in [-0.15, -0.1) is 0 Å². The van der Waals surface area contributed by atoms with Gasteiger partial charge in [-0.3, -0.25) is 14.2 Å². The van der Waals surface area contributed by atoms with Gasteiger partial charge in [-0.05, 0) is 31.7 Å². The Kier molecular flexibility index (Phi) is 4.91. The van der Waals surface area contributed by atoms with Gasteiger partial charge in [0, 0.05) is 22.7 Å². The van der Waals surface area contributed by atoms with Gasteiger partial charge in [0.25, 0.3) is 0 Å². The van der Waals surface area contributed by atoms with Gasteiger partial charge in [-0.25, -0.2) is 4.39 Å². The number of aromatic nitrogens is 1. The molecule has 0 saturated heterocycles. The van der Waals surface area contributed by atoms with E-state index in [2.05, 4.69) is 5.32 Å². The van der Waals surface area contributed by atoms with Crippen LogP contribution in [0.3, 0.4) is 0 Å². The van der Waals surface area contributed by atoms with Gasteiger partial charge < -0.3 is 5.32 Å². The molecule has 0 unspecified atom stereocenters. The van der Waals surface area contributed by atoms with Crippen molar-refractivity contribution < 1.29 is 9.18 Å². The van der Waals surface area contributed by atoms with Crippen molar-refractivity contribution in [2.75, 3.05) is 0 Å². The molecule has 3 rings (SSSR count). The van der Waals surface area contributed by atoms with E-state index in [0.29, 0.717) is 5.56 Å². The number of fused-ring (bicyclic) bond motifs is 1. The molecule has 1 heterocycles. The van der Waals surface area contributed by atoms with Crippen LogP contribution in [0.4, 0.5) is 4.39 Å². The second-order valence-electron chi connectivity index (χ2n) is 5.75. The van der Waals surface area contributed by atoms with Crippen molar-refractivity contribution in [2.24, 2.45) is 0 Å². The Morgan fingerprint density at radius 1 is 1.22 bits per heavy atom. The lowest BCUT2D eigenvalue weighted by Gasteiger charge is -2.09. The average Bonchev–Trinajstić information content (AvgIpc) is 2.71. The van der Waals surface area contributed by atoms with E-state index in [1.807, 2.05) is 0 Å². The summed E-state index contributed by atoms with van der Waals surface area (Å²) in [5.41, 5.74) is 1.45. The molecule has 0 spiro atoms. The molecule has 1 aromatic carbocycles. The molecule has 0 fully saturated rings. The fourth-order valence-electron chi connectivity index (χ4n) is 2.90. The quantitative estimate of drug-likeness (QED) is 0.874. The third-order valence-electron chi connectivity index (χ3n) is 4.13. The lowest BCUT2D eigenvalue weighted by molar-refractivity contribution is -0.121. The van der Waals surface area contributed by atoms with E-state index in [1.54, 1.807) is 22.8 Å². The van der Waals surface area contributed by atoms with Crippen LogP contribution in [0.25, 0.3) is 0 Å². The molecular formula is C17H19FN2O2S. The van der Waals surface area contributed by atoms with Crippen LogP contribution in [0.1, 0.15) is 35.4 Å². The third-order valence-corrected chi connectivity index (χ3v) is 5.21. The molecule has 1 amide bonds. The number of benzene rings is 1. The van der Waals surface area contributed by atoms with Crippen LogP contribution < -0.4 is 10.2 Å². The summed E-state index contributed by atoms with van der Waals surface area (Å²) in [5, 5.41) is 2.69. The van der Waals surface area contributed by atoms with Crippen LogP contribution in [0, 0.1) is 5.82 Å². The molecule has 1 aliphatic carbocycles. The van der Waals surface area contributed by atoms with Crippen LogP contribution in [-0.2, 0) is 30.7 Å². The van der Waals surface area contributed by atoms with Gasteiger partial charge in [-0.2, -0.15) is 0 Å². The van der Waals surface area contributed by atoms with Crippen LogP contribution in [0.2, 0.25) is 0 Å². The van der Waals surface area contributed by atoms with E-state index in [4.69, 9.17) is 0 Å². The fourth-order valence-corrected chi connectivity index (χ4v) is 3.97. The zero-order valence-electron chi connectivity index (χ0n) is 12.8. The number of nitrogens with zero attached hydrogens (tertiary/aromatic N) is 1. The summed E-state index contributed by atoms with van der Waals surface area (Å²) in [6, 6.07) is 6.35. The number of carbonyl (C=O) groups is 1. The minimum atomic E-state index is -0.339. The first kappa shape index (κ1) is 15.9. The predicted molar refractivity (Wildman–Crippen MR) is 88.1 cm³/mol. The lowest BCUT2D eigenvalue weighted by atomic mass is 10.2. The van der Waals surface area contributed by atoms with Gasteiger partial charge in [0.05, 0.1) is 0 Å². The molecule has 6 heteroatoms. The largest absolute Gasteiger partial charge is 0.350 e. The summed E-state index contributed by atoms with van der Waals surface area (Å²) in [6.07, 6.45) is 5.11. The maximum Gasteiger partial charge on any atom is 0.308 e. The molecule has 1 aromatic heterocycles. The first-order valence-corrected chi connectivity index (χ1v) is 8.68. The smallest absolute Gasteiger partial charge is 0.308 e. The van der Waals surface area contributed by atoms with E-state index in [-0.39, 0.29) is 29.7 Å². The van der Waals surface area contributed by atoms with Gasteiger partial charge in [0.15, 0.2) is 0 Å². The summed E-state index contributed by atoms with van der Waals surface area (Å²) in [6.45, 7) is 0.145. The zero-order valence-corrected chi connectivity index (χ0v) is 13.6. The summed E-state index contributed by atoms with van der Waals surface area (Å²) in [7, 11) is 0. The average molecular weight is 334 g/mol. The van der Waals surface area contributed by atoms with Crippen LogP contribution in [0.15, 0.2) is 29.1 Å². The molecule has 122 valence electrons. The maximum absolute atomic E-state index is 13.5. The number of rotatable bonds is 4. The van der Waals surface area contributed by atoms with Crippen molar-refractivity contribution in [2.45, 2.75) is 45.2 Å². The van der Waals surface area contributed by atoms with E-state index < -0.39 is 0 Å². The molecule has 4 nitrogen and oxygen atoms in total. The third kappa shape index (κ3) is 3.69. The topological polar surface area (TPSA) is 51.1 Å². The highest BCUT2D eigenvalue weighted by Crippen LogP contribution is 2.22. The van der Waals surface area contributed by atoms with Crippen molar-refractivity contribution in [3.8, 4) is 0 Å². The van der Waals surface area contributed by atoms with E-state index >= 15 is 0 Å². The molecule has 0 bridgehead atoms. The van der Waals surface area contributed by atoms with Gasteiger partial charge in [0.1, 0.15) is 12.4 Å². The summed E-state index contributed by atoms with van der Waals surface area (Å²) in [5.74, 6) is -0.602. The number of halogens is 1. The Hall–Kier alpha value is -1.95. The highest BCUT2D eigenvalue weighted by Gasteiger charge is 2.18.